The van der Waals surface area contributed by atoms with Crippen LogP contribution in [-0.4, -0.2) is 36.0 Å². The molecule has 0 saturated carbocycles. The first-order chi connectivity index (χ1) is 14.3. The van der Waals surface area contributed by atoms with Crippen LogP contribution < -0.4 is 5.32 Å². The highest BCUT2D eigenvalue weighted by Crippen LogP contribution is 2.26. The number of aryl methyl sites for hydroxylation is 2. The van der Waals surface area contributed by atoms with Crippen molar-refractivity contribution in [1.82, 2.24) is 24.4 Å². The lowest BCUT2D eigenvalue weighted by molar-refractivity contribution is -0.113. The normalized spacial score (nSPS) is 11.2. The molecule has 4 rings (SSSR count). The zero-order valence-corrected chi connectivity index (χ0v) is 18.8. The molecule has 7 nitrogen and oxygen atoms in total. The number of rotatable bonds is 5. The molecule has 0 radical (unpaired) electrons. The monoisotopic (exact) mass is 460 g/mol. The van der Waals surface area contributed by atoms with Crippen molar-refractivity contribution in [2.75, 3.05) is 11.1 Å². The summed E-state index contributed by atoms with van der Waals surface area (Å²) < 4.78 is 3.50. The maximum atomic E-state index is 12.6. The zero-order valence-electron chi connectivity index (χ0n) is 16.5. The van der Waals surface area contributed by atoms with Crippen molar-refractivity contribution in [2.24, 2.45) is 0 Å². The Kier molecular flexibility index (Phi) is 5.73. The number of carbonyl (C=O) groups excluding carboxylic acids is 1. The van der Waals surface area contributed by atoms with Gasteiger partial charge >= 0.3 is 0 Å². The van der Waals surface area contributed by atoms with Crippen LogP contribution in [0, 0.1) is 20.8 Å². The van der Waals surface area contributed by atoms with E-state index in [1.54, 1.807) is 16.7 Å². The highest BCUT2D eigenvalue weighted by Gasteiger charge is 2.17. The van der Waals surface area contributed by atoms with Crippen molar-refractivity contribution in [3.8, 4) is 5.69 Å². The summed E-state index contributed by atoms with van der Waals surface area (Å²) in [5.41, 5.74) is 4.93. The van der Waals surface area contributed by atoms with Gasteiger partial charge in [-0.2, -0.15) is 5.10 Å². The first-order valence-electron chi connectivity index (χ1n) is 9.09. The molecule has 10 heteroatoms. The summed E-state index contributed by atoms with van der Waals surface area (Å²) in [5.74, 6) is -0.0148. The number of benzene rings is 1. The number of hydrogen-bond acceptors (Lipinski definition) is 5. The molecule has 0 saturated heterocycles. The number of aromatic nitrogens is 5. The first-order valence-corrected chi connectivity index (χ1v) is 10.8. The van der Waals surface area contributed by atoms with Gasteiger partial charge in [-0.15, -0.1) is 10.2 Å². The maximum absolute atomic E-state index is 12.6. The smallest absolute Gasteiger partial charge is 0.234 e. The molecular weight excluding hydrogens is 443 g/mol. The number of pyridine rings is 1. The quantitative estimate of drug-likeness (QED) is 0.429. The number of thioether (sulfide) groups is 1. The van der Waals surface area contributed by atoms with Gasteiger partial charge in [-0.3, -0.25) is 9.20 Å². The van der Waals surface area contributed by atoms with Gasteiger partial charge in [0.05, 0.1) is 38.6 Å². The Morgan fingerprint density at radius 1 is 1.13 bits per heavy atom. The Labute approximate surface area is 187 Å². The summed E-state index contributed by atoms with van der Waals surface area (Å²) in [6.07, 6.45) is 1.67. The molecule has 0 fully saturated rings. The van der Waals surface area contributed by atoms with Crippen LogP contribution in [0.2, 0.25) is 10.0 Å². The number of amides is 1. The third-order valence-electron chi connectivity index (χ3n) is 4.56. The van der Waals surface area contributed by atoms with E-state index in [0.29, 0.717) is 26.5 Å². The Hall–Kier alpha value is -2.55. The van der Waals surface area contributed by atoms with E-state index in [9.17, 15) is 4.79 Å². The topological polar surface area (TPSA) is 77.1 Å². The van der Waals surface area contributed by atoms with Gasteiger partial charge in [-0.25, -0.2) is 4.68 Å². The molecular formula is C20H18Cl2N6OS. The molecule has 0 aliphatic rings. The highest BCUT2D eigenvalue weighted by molar-refractivity contribution is 7.99. The predicted molar refractivity (Wildman–Crippen MR) is 120 cm³/mol. The molecule has 0 atom stereocenters. The summed E-state index contributed by atoms with van der Waals surface area (Å²) in [6, 6.07) is 9.67. The van der Waals surface area contributed by atoms with E-state index in [2.05, 4.69) is 20.6 Å². The second-order valence-corrected chi connectivity index (χ2v) is 8.60. The van der Waals surface area contributed by atoms with E-state index in [1.807, 2.05) is 49.7 Å². The molecule has 30 heavy (non-hydrogen) atoms. The number of hydrogen-bond donors (Lipinski definition) is 1. The number of carbonyl (C=O) groups is 1. The molecule has 0 bridgehead atoms. The van der Waals surface area contributed by atoms with Gasteiger partial charge in [0.15, 0.2) is 10.8 Å². The summed E-state index contributed by atoms with van der Waals surface area (Å²) in [4.78, 5) is 12.6. The lowest BCUT2D eigenvalue weighted by atomic mass is 10.2. The van der Waals surface area contributed by atoms with Crippen LogP contribution in [0.1, 0.15) is 17.0 Å². The molecule has 1 N–H and O–H groups in total. The minimum absolute atomic E-state index is 0.152. The Morgan fingerprint density at radius 3 is 2.60 bits per heavy atom. The highest BCUT2D eigenvalue weighted by atomic mass is 35.5. The fraction of sp³-hybridized carbons (Fsp3) is 0.200. The van der Waals surface area contributed by atoms with E-state index in [-0.39, 0.29) is 11.7 Å². The van der Waals surface area contributed by atoms with Crippen molar-refractivity contribution in [1.29, 1.82) is 0 Å². The summed E-state index contributed by atoms with van der Waals surface area (Å²) in [5, 5.41) is 17.1. The van der Waals surface area contributed by atoms with Crippen LogP contribution in [-0.2, 0) is 4.79 Å². The Bertz CT molecular complexity index is 1250. The average Bonchev–Trinajstić information content (AvgIpc) is 3.23. The average molecular weight is 461 g/mol. The fourth-order valence-electron chi connectivity index (χ4n) is 3.07. The predicted octanol–water partition coefficient (Wildman–Crippen LogP) is 4.88. The third-order valence-corrected chi connectivity index (χ3v) is 5.99. The van der Waals surface area contributed by atoms with Crippen LogP contribution in [0.25, 0.3) is 11.3 Å². The SMILES string of the molecule is Cc1ccc(-n2nc(C)c(NC(=O)CSc3nnc4c(Cl)cc(Cl)cn34)c2C)cc1. The van der Waals surface area contributed by atoms with Crippen LogP contribution in [0.3, 0.4) is 0 Å². The van der Waals surface area contributed by atoms with Crippen LogP contribution >= 0.6 is 35.0 Å². The lowest BCUT2D eigenvalue weighted by Gasteiger charge is -2.07. The summed E-state index contributed by atoms with van der Waals surface area (Å²) in [7, 11) is 0. The molecule has 1 amide bonds. The maximum Gasteiger partial charge on any atom is 0.234 e. The molecule has 3 heterocycles. The summed E-state index contributed by atoms with van der Waals surface area (Å²) >= 11 is 13.4. The van der Waals surface area contributed by atoms with Gasteiger partial charge in [0.25, 0.3) is 0 Å². The fourth-order valence-corrected chi connectivity index (χ4v) is 4.29. The Balaban J connectivity index is 1.49. The molecule has 154 valence electrons. The largest absolute Gasteiger partial charge is 0.322 e. The van der Waals surface area contributed by atoms with Crippen LogP contribution in [0.4, 0.5) is 5.69 Å². The number of halogens is 2. The minimum Gasteiger partial charge on any atom is -0.322 e. The van der Waals surface area contributed by atoms with E-state index < -0.39 is 0 Å². The van der Waals surface area contributed by atoms with Crippen LogP contribution in [0.15, 0.2) is 41.7 Å². The molecule has 0 aliphatic heterocycles. The van der Waals surface area contributed by atoms with Gasteiger partial charge < -0.3 is 5.32 Å². The third kappa shape index (κ3) is 4.03. The van der Waals surface area contributed by atoms with Gasteiger partial charge in [0.1, 0.15) is 0 Å². The van der Waals surface area contributed by atoms with Crippen molar-refractivity contribution >= 4 is 52.2 Å². The summed E-state index contributed by atoms with van der Waals surface area (Å²) in [6.45, 7) is 5.84. The molecule has 0 spiro atoms. The second-order valence-electron chi connectivity index (χ2n) is 6.81. The van der Waals surface area contributed by atoms with E-state index in [4.69, 9.17) is 23.2 Å². The number of anilines is 1. The molecule has 3 aromatic heterocycles. The van der Waals surface area contributed by atoms with E-state index in [0.717, 1.165) is 17.1 Å². The van der Waals surface area contributed by atoms with Crippen molar-refractivity contribution in [3.63, 3.8) is 0 Å². The van der Waals surface area contributed by atoms with Crippen LogP contribution in [0.5, 0.6) is 0 Å². The van der Waals surface area contributed by atoms with Crippen molar-refractivity contribution in [2.45, 2.75) is 25.9 Å². The minimum atomic E-state index is -0.167. The van der Waals surface area contributed by atoms with E-state index in [1.165, 1.54) is 17.3 Å². The lowest BCUT2D eigenvalue weighted by Crippen LogP contribution is -2.15. The van der Waals surface area contributed by atoms with Gasteiger partial charge in [-0.05, 0) is 39.0 Å². The van der Waals surface area contributed by atoms with Gasteiger partial charge in [-0.1, -0.05) is 52.7 Å². The number of nitrogens with one attached hydrogen (secondary N) is 1. The number of nitrogens with zero attached hydrogens (tertiary/aromatic N) is 5. The van der Waals surface area contributed by atoms with E-state index >= 15 is 0 Å². The number of fused-ring (bicyclic) bond motifs is 1. The van der Waals surface area contributed by atoms with Crippen molar-refractivity contribution < 1.29 is 4.79 Å². The Morgan fingerprint density at radius 2 is 1.87 bits per heavy atom. The first kappa shape index (κ1) is 20.7. The molecule has 0 aliphatic carbocycles. The molecule has 4 aromatic rings. The van der Waals surface area contributed by atoms with Crippen molar-refractivity contribution in [3.05, 3.63) is 63.5 Å². The molecule has 1 aromatic carbocycles. The molecule has 0 unspecified atom stereocenters. The van der Waals surface area contributed by atoms with Gasteiger partial charge in [0.2, 0.25) is 5.91 Å². The zero-order chi connectivity index (χ0) is 21.4. The van der Waals surface area contributed by atoms with Gasteiger partial charge in [0, 0.05) is 6.20 Å². The standard InChI is InChI=1S/C20H18Cl2N6OS/c1-11-4-6-15(7-5-11)28-13(3)18(12(2)26-28)23-17(29)10-30-20-25-24-19-16(22)8-14(21)9-27(19)20/h4-9H,10H2,1-3H3,(H,23,29). The second kappa shape index (κ2) is 8.29.